The Morgan fingerprint density at radius 1 is 1.14 bits per heavy atom. The second-order valence-electron chi connectivity index (χ2n) is 11.2. The third-order valence-electron chi connectivity index (χ3n) is 8.37. The first kappa shape index (κ1) is 28.1. The zero-order valence-electron chi connectivity index (χ0n) is 23.0. The fourth-order valence-corrected chi connectivity index (χ4v) is 6.84. The van der Waals surface area contributed by atoms with Crippen LogP contribution in [-0.2, 0) is 14.4 Å². The summed E-state index contributed by atoms with van der Waals surface area (Å²) < 4.78 is 21.8. The standard InChI is InChI=1S/C31H33FN4O5S/c32-21-11-6-7-12-22(21)33-24-14-5-3-1-2-4-10-19-17-31(19,29(39)40)35-27(37)25-16-20(18-36(25)28(24)38)41-30-34-23-13-8-9-15-26(23)42-30/h4,6-13,15,19-20,24-25,33H,1-3,5,14,16-18H2,(H,35,37)(H,39,40)/t19-,20-,24+,25+,31-/m1/s1. The number of carboxylic acids is 1. The minimum atomic E-state index is -1.39. The summed E-state index contributed by atoms with van der Waals surface area (Å²) in [4.78, 5) is 46.2. The van der Waals surface area contributed by atoms with Crippen molar-refractivity contribution in [2.45, 2.75) is 68.7 Å². The maximum absolute atomic E-state index is 14.6. The fraction of sp³-hybridized carbons (Fsp3) is 0.419. The van der Waals surface area contributed by atoms with Crippen LogP contribution in [0.15, 0.2) is 60.7 Å². The molecule has 9 nitrogen and oxygen atoms in total. The Bertz CT molecular complexity index is 1490. The SMILES string of the molecule is O=C1N[C@]2(C(=O)O)C[C@H]2C=CCCCCC[C@H](Nc2ccccc2F)C(=O)N2C[C@H](Oc3nc4ccccc4s3)C[C@@H]12. The van der Waals surface area contributed by atoms with Crippen LogP contribution in [0, 0.1) is 11.7 Å². The van der Waals surface area contributed by atoms with Crippen molar-refractivity contribution in [3.63, 3.8) is 0 Å². The molecule has 220 valence electrons. The van der Waals surface area contributed by atoms with E-state index in [0.29, 0.717) is 18.0 Å². The van der Waals surface area contributed by atoms with E-state index in [1.165, 1.54) is 22.3 Å². The Labute approximate surface area is 246 Å². The topological polar surface area (TPSA) is 121 Å². The van der Waals surface area contributed by atoms with E-state index in [-0.39, 0.29) is 30.5 Å². The van der Waals surface area contributed by atoms with E-state index in [1.54, 1.807) is 18.2 Å². The van der Waals surface area contributed by atoms with Crippen molar-refractivity contribution in [1.29, 1.82) is 0 Å². The van der Waals surface area contributed by atoms with Crippen LogP contribution < -0.4 is 15.4 Å². The van der Waals surface area contributed by atoms with Crippen molar-refractivity contribution in [2.24, 2.45) is 5.92 Å². The number of carbonyl (C=O) groups excluding carboxylic acids is 2. The largest absolute Gasteiger partial charge is 0.479 e. The molecule has 11 heteroatoms. The highest BCUT2D eigenvalue weighted by Gasteiger charge is 2.61. The number of benzene rings is 2. The summed E-state index contributed by atoms with van der Waals surface area (Å²) in [5.74, 6) is -2.75. The van der Waals surface area contributed by atoms with Gasteiger partial charge in [-0.05, 0) is 49.9 Å². The van der Waals surface area contributed by atoms with E-state index in [4.69, 9.17) is 4.74 Å². The van der Waals surface area contributed by atoms with Crippen molar-refractivity contribution in [2.75, 3.05) is 11.9 Å². The van der Waals surface area contributed by atoms with Gasteiger partial charge in [0, 0.05) is 12.3 Å². The molecule has 3 aliphatic rings. The number of hydrogen-bond donors (Lipinski definition) is 3. The number of thiazole rings is 1. The van der Waals surface area contributed by atoms with Crippen LogP contribution in [0.25, 0.3) is 10.2 Å². The van der Waals surface area contributed by atoms with E-state index >= 15 is 0 Å². The Morgan fingerprint density at radius 3 is 2.76 bits per heavy atom. The Morgan fingerprint density at radius 2 is 1.95 bits per heavy atom. The predicted octanol–water partition coefficient (Wildman–Crippen LogP) is 4.74. The van der Waals surface area contributed by atoms with Gasteiger partial charge in [-0.2, -0.15) is 0 Å². The molecule has 2 aromatic carbocycles. The summed E-state index contributed by atoms with van der Waals surface area (Å²) in [5, 5.41) is 16.3. The maximum Gasteiger partial charge on any atom is 0.330 e. The summed E-state index contributed by atoms with van der Waals surface area (Å²) in [5.41, 5.74) is -0.381. The van der Waals surface area contributed by atoms with Gasteiger partial charge in [-0.15, -0.1) is 0 Å². The van der Waals surface area contributed by atoms with Crippen LogP contribution in [0.1, 0.15) is 44.9 Å². The van der Waals surface area contributed by atoms with Gasteiger partial charge >= 0.3 is 5.97 Å². The highest BCUT2D eigenvalue weighted by Crippen LogP contribution is 2.45. The van der Waals surface area contributed by atoms with Crippen molar-refractivity contribution < 1.29 is 28.6 Å². The third kappa shape index (κ3) is 5.70. The van der Waals surface area contributed by atoms with Gasteiger partial charge in [-0.25, -0.2) is 14.2 Å². The molecule has 6 rings (SSSR count). The lowest BCUT2D eigenvalue weighted by Crippen LogP contribution is -2.55. The van der Waals surface area contributed by atoms with E-state index in [0.717, 1.165) is 35.9 Å². The van der Waals surface area contributed by atoms with Crippen LogP contribution in [0.5, 0.6) is 5.19 Å². The predicted molar refractivity (Wildman–Crippen MR) is 157 cm³/mol. The molecule has 1 aliphatic carbocycles. The highest BCUT2D eigenvalue weighted by molar-refractivity contribution is 7.20. The highest BCUT2D eigenvalue weighted by atomic mass is 32.1. The zero-order chi connectivity index (χ0) is 29.3. The molecule has 0 radical (unpaired) electrons. The van der Waals surface area contributed by atoms with Gasteiger partial charge in [0.25, 0.3) is 5.19 Å². The van der Waals surface area contributed by atoms with Gasteiger partial charge in [-0.1, -0.05) is 60.6 Å². The molecule has 0 spiro atoms. The Balaban J connectivity index is 1.29. The Hall–Kier alpha value is -3.99. The third-order valence-corrected chi connectivity index (χ3v) is 9.29. The summed E-state index contributed by atoms with van der Waals surface area (Å²) in [6, 6.07) is 12.1. The lowest BCUT2D eigenvalue weighted by Gasteiger charge is -2.30. The number of nitrogens with one attached hydrogen (secondary N) is 2. The van der Waals surface area contributed by atoms with Gasteiger partial charge in [0.2, 0.25) is 11.8 Å². The van der Waals surface area contributed by atoms with Gasteiger partial charge < -0.3 is 25.4 Å². The van der Waals surface area contributed by atoms with Crippen LogP contribution >= 0.6 is 11.3 Å². The number of hydrogen-bond acceptors (Lipinski definition) is 7. The zero-order valence-corrected chi connectivity index (χ0v) is 23.8. The second kappa shape index (κ2) is 11.7. The van der Waals surface area contributed by atoms with E-state index in [2.05, 4.69) is 15.6 Å². The van der Waals surface area contributed by atoms with Gasteiger partial charge in [0.1, 0.15) is 29.5 Å². The fourth-order valence-electron chi connectivity index (χ4n) is 5.96. The quantitative estimate of drug-likeness (QED) is 0.366. The van der Waals surface area contributed by atoms with Crippen molar-refractivity contribution in [3.05, 3.63) is 66.5 Å². The average molecular weight is 593 g/mol. The molecule has 3 aromatic rings. The minimum Gasteiger partial charge on any atom is -0.479 e. The number of ether oxygens (including phenoxy) is 1. The number of allylic oxidation sites excluding steroid dienone is 1. The number of para-hydroxylation sites is 2. The van der Waals surface area contributed by atoms with E-state index < -0.39 is 41.4 Å². The summed E-state index contributed by atoms with van der Waals surface area (Å²) in [6.07, 6.45) is 7.49. The number of amides is 2. The smallest absolute Gasteiger partial charge is 0.330 e. The average Bonchev–Trinajstić information content (AvgIpc) is 3.29. The molecule has 2 aliphatic heterocycles. The second-order valence-corrected chi connectivity index (χ2v) is 12.2. The molecule has 1 aromatic heterocycles. The molecule has 2 amide bonds. The van der Waals surface area contributed by atoms with Crippen LogP contribution in [-0.4, -0.2) is 63.0 Å². The number of nitrogens with zero attached hydrogens (tertiary/aromatic N) is 2. The van der Waals surface area contributed by atoms with Crippen LogP contribution in [0.2, 0.25) is 0 Å². The normalized spacial score (nSPS) is 28.3. The first-order chi connectivity index (χ1) is 20.3. The number of fused-ring (bicyclic) bond motifs is 3. The number of anilines is 1. The number of halogens is 1. The molecular formula is C31H33FN4O5S. The molecule has 1 saturated heterocycles. The lowest BCUT2D eigenvalue weighted by molar-refractivity contribution is -0.145. The van der Waals surface area contributed by atoms with E-state index in [9.17, 15) is 23.9 Å². The molecule has 0 bridgehead atoms. The minimum absolute atomic E-state index is 0.117. The first-order valence-electron chi connectivity index (χ1n) is 14.4. The number of carbonyl (C=O) groups is 3. The Kier molecular flexibility index (Phi) is 7.85. The molecule has 1 saturated carbocycles. The van der Waals surface area contributed by atoms with Crippen molar-refractivity contribution in [1.82, 2.24) is 15.2 Å². The summed E-state index contributed by atoms with van der Waals surface area (Å²) in [6.45, 7) is 0.117. The molecule has 0 unspecified atom stereocenters. The summed E-state index contributed by atoms with van der Waals surface area (Å²) >= 11 is 1.38. The van der Waals surface area contributed by atoms with Gasteiger partial charge in [0.05, 0.1) is 22.4 Å². The molecule has 2 fully saturated rings. The van der Waals surface area contributed by atoms with Gasteiger partial charge in [0.15, 0.2) is 0 Å². The van der Waals surface area contributed by atoms with Crippen LogP contribution in [0.3, 0.4) is 0 Å². The number of aliphatic carboxylic acids is 1. The lowest BCUT2D eigenvalue weighted by atomic mass is 10.0. The van der Waals surface area contributed by atoms with Gasteiger partial charge in [-0.3, -0.25) is 9.59 Å². The molecule has 3 heterocycles. The number of aromatic nitrogens is 1. The molecule has 42 heavy (non-hydrogen) atoms. The van der Waals surface area contributed by atoms with Crippen LogP contribution in [0.4, 0.5) is 10.1 Å². The summed E-state index contributed by atoms with van der Waals surface area (Å²) in [7, 11) is 0. The number of rotatable bonds is 5. The maximum atomic E-state index is 14.6. The molecular weight excluding hydrogens is 559 g/mol. The number of carboxylic acid groups (broad SMARTS) is 1. The first-order valence-corrected chi connectivity index (χ1v) is 15.2. The van der Waals surface area contributed by atoms with E-state index in [1.807, 2.05) is 36.4 Å². The van der Waals surface area contributed by atoms with Crippen molar-refractivity contribution >= 4 is 45.0 Å². The molecule has 3 N–H and O–H groups in total. The van der Waals surface area contributed by atoms with Crippen molar-refractivity contribution in [3.8, 4) is 5.19 Å². The monoisotopic (exact) mass is 592 g/mol. The molecule has 5 atom stereocenters.